The second-order valence-corrected chi connectivity index (χ2v) is 10.6. The molecule has 0 radical (unpaired) electrons. The Balaban J connectivity index is 1.19. The zero-order valence-corrected chi connectivity index (χ0v) is 22.6. The first-order valence-electron chi connectivity index (χ1n) is 13.9. The van der Waals surface area contributed by atoms with E-state index in [0.717, 1.165) is 72.0 Å². The molecule has 2 N–H and O–H groups in total. The second kappa shape index (κ2) is 9.43. The molecule has 6 aromatic carbocycles. The van der Waals surface area contributed by atoms with Crippen LogP contribution in [0.2, 0.25) is 0 Å². The largest absolute Gasteiger partial charge is 0.456 e. The maximum atomic E-state index is 8.47. The molecule has 0 amide bonds. The van der Waals surface area contributed by atoms with Gasteiger partial charge in [-0.1, -0.05) is 78.9 Å². The SMILES string of the molecule is N=C1C=Cc2ccc3cc(-c4ccc(N(c5ccccc5)c5ccc6c(c5)oc5ccccc56)cc4)ccc3c2C1=N. The van der Waals surface area contributed by atoms with Crippen molar-refractivity contribution in [2.75, 3.05) is 4.90 Å². The van der Waals surface area contributed by atoms with Crippen molar-refractivity contribution in [1.29, 1.82) is 10.8 Å². The first-order chi connectivity index (χ1) is 20.6. The van der Waals surface area contributed by atoms with Crippen molar-refractivity contribution < 1.29 is 4.42 Å². The zero-order chi connectivity index (χ0) is 28.2. The summed E-state index contributed by atoms with van der Waals surface area (Å²) < 4.78 is 6.22. The molecular weight excluding hydrogens is 514 g/mol. The topological polar surface area (TPSA) is 64.1 Å². The first-order valence-corrected chi connectivity index (χ1v) is 13.9. The van der Waals surface area contributed by atoms with Crippen LogP contribution in [0.15, 0.2) is 138 Å². The van der Waals surface area contributed by atoms with E-state index in [9.17, 15) is 0 Å². The number of nitrogens with one attached hydrogen (secondary N) is 2. The van der Waals surface area contributed by atoms with Gasteiger partial charge in [-0.15, -0.1) is 0 Å². The van der Waals surface area contributed by atoms with E-state index in [4.69, 9.17) is 15.2 Å². The van der Waals surface area contributed by atoms with Crippen LogP contribution in [0, 0.1) is 10.8 Å². The van der Waals surface area contributed by atoms with E-state index in [2.05, 4.69) is 102 Å². The molecule has 0 saturated carbocycles. The van der Waals surface area contributed by atoms with Gasteiger partial charge < -0.3 is 9.32 Å². The van der Waals surface area contributed by atoms with E-state index in [1.807, 2.05) is 36.4 Å². The lowest BCUT2D eigenvalue weighted by Gasteiger charge is -2.25. The van der Waals surface area contributed by atoms with Crippen molar-refractivity contribution in [1.82, 2.24) is 0 Å². The number of nitrogens with zero attached hydrogens (tertiary/aromatic N) is 1. The Labute approximate surface area is 242 Å². The van der Waals surface area contributed by atoms with Crippen LogP contribution in [-0.2, 0) is 0 Å². The highest BCUT2D eigenvalue weighted by atomic mass is 16.3. The van der Waals surface area contributed by atoms with Crippen molar-refractivity contribution in [3.63, 3.8) is 0 Å². The summed E-state index contributed by atoms with van der Waals surface area (Å²) in [6.45, 7) is 0. The third-order valence-electron chi connectivity index (χ3n) is 8.09. The highest BCUT2D eigenvalue weighted by Gasteiger charge is 2.18. The Morgan fingerprint density at radius 2 is 1.19 bits per heavy atom. The van der Waals surface area contributed by atoms with Gasteiger partial charge in [-0.3, -0.25) is 10.8 Å². The number of hydrogen-bond donors (Lipinski definition) is 2. The Hall–Kier alpha value is -5.74. The van der Waals surface area contributed by atoms with Gasteiger partial charge in [0.15, 0.2) is 0 Å². The van der Waals surface area contributed by atoms with Crippen LogP contribution in [0.25, 0.3) is 49.9 Å². The average Bonchev–Trinajstić information content (AvgIpc) is 3.41. The number of fused-ring (bicyclic) bond motifs is 6. The Morgan fingerprint density at radius 1 is 0.500 bits per heavy atom. The molecule has 0 unspecified atom stereocenters. The zero-order valence-electron chi connectivity index (χ0n) is 22.6. The molecule has 0 bridgehead atoms. The number of allylic oxidation sites excluding steroid dienone is 1. The van der Waals surface area contributed by atoms with Gasteiger partial charge in [0, 0.05) is 39.5 Å². The highest BCUT2D eigenvalue weighted by Crippen LogP contribution is 2.39. The number of hydrogen-bond acceptors (Lipinski definition) is 4. The van der Waals surface area contributed by atoms with E-state index in [1.54, 1.807) is 6.08 Å². The van der Waals surface area contributed by atoms with Gasteiger partial charge in [0.1, 0.15) is 11.2 Å². The molecule has 0 saturated heterocycles. The summed E-state index contributed by atoms with van der Waals surface area (Å²) in [4.78, 5) is 2.25. The normalized spacial score (nSPS) is 12.8. The molecule has 4 nitrogen and oxygen atoms in total. The van der Waals surface area contributed by atoms with Gasteiger partial charge in [0.2, 0.25) is 0 Å². The van der Waals surface area contributed by atoms with Crippen molar-refractivity contribution in [3.05, 3.63) is 145 Å². The second-order valence-electron chi connectivity index (χ2n) is 10.6. The molecule has 1 aromatic heterocycles. The van der Waals surface area contributed by atoms with Gasteiger partial charge in [0.25, 0.3) is 0 Å². The lowest BCUT2D eigenvalue weighted by atomic mass is 9.88. The van der Waals surface area contributed by atoms with Crippen LogP contribution in [0.1, 0.15) is 11.1 Å². The average molecular weight is 540 g/mol. The predicted octanol–water partition coefficient (Wildman–Crippen LogP) is 10.3. The van der Waals surface area contributed by atoms with Crippen LogP contribution in [-0.4, -0.2) is 11.4 Å². The highest BCUT2D eigenvalue weighted by molar-refractivity contribution is 6.53. The minimum absolute atomic E-state index is 0.247. The van der Waals surface area contributed by atoms with Crippen LogP contribution in [0.3, 0.4) is 0 Å². The molecule has 198 valence electrons. The lowest BCUT2D eigenvalue weighted by molar-refractivity contribution is 0.669. The molecule has 4 heteroatoms. The van der Waals surface area contributed by atoms with Gasteiger partial charge >= 0.3 is 0 Å². The van der Waals surface area contributed by atoms with Crippen molar-refractivity contribution >= 4 is 67.3 Å². The number of anilines is 3. The van der Waals surface area contributed by atoms with Crippen molar-refractivity contribution in [2.24, 2.45) is 0 Å². The third-order valence-corrected chi connectivity index (χ3v) is 8.09. The summed E-state index contributed by atoms with van der Waals surface area (Å²) in [7, 11) is 0. The Bertz CT molecular complexity index is 2220. The molecule has 1 aliphatic carbocycles. The van der Waals surface area contributed by atoms with Gasteiger partial charge in [-0.05, 0) is 82.1 Å². The van der Waals surface area contributed by atoms with E-state index < -0.39 is 0 Å². The van der Waals surface area contributed by atoms with E-state index >= 15 is 0 Å². The van der Waals surface area contributed by atoms with Gasteiger partial charge in [-0.25, -0.2) is 0 Å². The molecule has 0 atom stereocenters. The van der Waals surface area contributed by atoms with Crippen molar-refractivity contribution in [3.8, 4) is 11.1 Å². The molecular formula is C38H25N3O. The maximum Gasteiger partial charge on any atom is 0.137 e. The van der Waals surface area contributed by atoms with Crippen LogP contribution < -0.4 is 4.90 Å². The molecule has 0 spiro atoms. The molecule has 7 aromatic rings. The number of rotatable bonds is 4. The monoisotopic (exact) mass is 539 g/mol. The summed E-state index contributed by atoms with van der Waals surface area (Å²) in [5.74, 6) is 0. The van der Waals surface area contributed by atoms with E-state index in [1.165, 1.54) is 0 Å². The van der Waals surface area contributed by atoms with Crippen LogP contribution in [0.5, 0.6) is 0 Å². The summed E-state index contributed by atoms with van der Waals surface area (Å²) >= 11 is 0. The summed E-state index contributed by atoms with van der Waals surface area (Å²) in [6, 6.07) is 44.1. The number of furan rings is 1. The van der Waals surface area contributed by atoms with E-state index in [0.29, 0.717) is 0 Å². The standard InChI is InChI=1S/C38H25N3O/c39-34-21-15-25-10-11-27-22-26(14-19-31(27)37(25)38(34)40)24-12-16-29(17-13-24)41(28-6-2-1-3-7-28)30-18-20-33-32-8-4-5-9-35(32)42-36(33)23-30/h1-23,39-40H. The van der Waals surface area contributed by atoms with Crippen molar-refractivity contribution in [2.45, 2.75) is 0 Å². The molecule has 1 aliphatic rings. The predicted molar refractivity (Wildman–Crippen MR) is 175 cm³/mol. The smallest absolute Gasteiger partial charge is 0.137 e. The minimum Gasteiger partial charge on any atom is -0.456 e. The fourth-order valence-corrected chi connectivity index (χ4v) is 6.02. The summed E-state index contributed by atoms with van der Waals surface area (Å²) in [5, 5.41) is 20.9. The number of para-hydroxylation sites is 2. The van der Waals surface area contributed by atoms with Gasteiger partial charge in [-0.2, -0.15) is 0 Å². The third kappa shape index (κ3) is 3.85. The van der Waals surface area contributed by atoms with Crippen LogP contribution >= 0.6 is 0 Å². The first kappa shape index (κ1) is 24.1. The Kier molecular flexibility index (Phi) is 5.41. The number of benzene rings is 6. The molecule has 0 aliphatic heterocycles. The van der Waals surface area contributed by atoms with Crippen LogP contribution in [0.4, 0.5) is 17.1 Å². The summed E-state index contributed by atoms with van der Waals surface area (Å²) in [5.41, 5.74) is 9.47. The Morgan fingerprint density at radius 3 is 2.05 bits per heavy atom. The van der Waals surface area contributed by atoms with E-state index in [-0.39, 0.29) is 11.4 Å². The quantitative estimate of drug-likeness (QED) is 0.234. The lowest BCUT2D eigenvalue weighted by Crippen LogP contribution is -2.16. The van der Waals surface area contributed by atoms with Gasteiger partial charge in [0.05, 0.1) is 11.4 Å². The fourth-order valence-electron chi connectivity index (χ4n) is 6.02. The summed E-state index contributed by atoms with van der Waals surface area (Å²) in [6.07, 6.45) is 3.62. The maximum absolute atomic E-state index is 8.47. The molecule has 8 rings (SSSR count). The molecule has 1 heterocycles. The minimum atomic E-state index is 0.247. The fraction of sp³-hybridized carbons (Fsp3) is 0. The molecule has 0 fully saturated rings. The molecule has 42 heavy (non-hydrogen) atoms.